The maximum Gasteiger partial charge on any atom is 0.312 e. The number of methoxy groups -OCH3 is 1. The number of benzene rings is 3. The van der Waals surface area contributed by atoms with Gasteiger partial charge < -0.3 is 19.2 Å². The molecule has 0 saturated heterocycles. The molecule has 7 heteroatoms. The summed E-state index contributed by atoms with van der Waals surface area (Å²) in [7, 11) is 1.59. The molecule has 4 aromatic rings. The average molecular weight is 479 g/mol. The van der Waals surface area contributed by atoms with Crippen molar-refractivity contribution in [1.29, 1.82) is 0 Å². The Morgan fingerprint density at radius 3 is 2.58 bits per heavy atom. The summed E-state index contributed by atoms with van der Waals surface area (Å²) in [6, 6.07) is 18.0. The minimum absolute atomic E-state index is 0.0427. The van der Waals surface area contributed by atoms with Crippen molar-refractivity contribution in [2.45, 2.75) is 19.3 Å². The molecule has 1 N–H and O–H groups in total. The van der Waals surface area contributed by atoms with Gasteiger partial charge in [0.25, 0.3) is 5.56 Å². The molecule has 3 aromatic carbocycles. The summed E-state index contributed by atoms with van der Waals surface area (Å²) in [4.78, 5) is 41.8. The van der Waals surface area contributed by atoms with Gasteiger partial charge in [0.05, 0.1) is 24.6 Å². The van der Waals surface area contributed by atoms with Gasteiger partial charge in [0.15, 0.2) is 5.76 Å². The van der Waals surface area contributed by atoms with Gasteiger partial charge in [0, 0.05) is 17.0 Å². The summed E-state index contributed by atoms with van der Waals surface area (Å²) in [5.74, 6) is 0.112. The number of carbonyl (C=O) groups excluding carboxylic acids is 2. The average Bonchev–Trinajstić information content (AvgIpc) is 3.19. The number of hydrogen-bond donors (Lipinski definition) is 1. The number of esters is 1. The molecule has 1 aromatic heterocycles. The van der Waals surface area contributed by atoms with Gasteiger partial charge in [0.1, 0.15) is 17.2 Å². The van der Waals surface area contributed by atoms with Crippen LogP contribution < -0.4 is 19.8 Å². The van der Waals surface area contributed by atoms with E-state index in [4.69, 9.17) is 14.2 Å². The Balaban J connectivity index is 1.48. The molecule has 0 aliphatic carbocycles. The number of carbonyl (C=O) groups is 2. The number of pyridine rings is 1. The number of ether oxygens (including phenoxy) is 3. The van der Waals surface area contributed by atoms with Crippen LogP contribution in [0.4, 0.5) is 0 Å². The first-order valence-corrected chi connectivity index (χ1v) is 11.5. The van der Waals surface area contributed by atoms with E-state index in [1.807, 2.05) is 37.3 Å². The minimum Gasteiger partial charge on any atom is -0.497 e. The number of nitrogens with one attached hydrogen (secondary N) is 1. The monoisotopic (exact) mass is 479 g/mol. The molecule has 3 heterocycles. The van der Waals surface area contributed by atoms with Crippen molar-refractivity contribution in [3.63, 3.8) is 0 Å². The molecule has 1 atom stereocenters. The molecule has 0 bridgehead atoms. The van der Waals surface area contributed by atoms with Gasteiger partial charge in [0.2, 0.25) is 5.78 Å². The lowest BCUT2D eigenvalue weighted by molar-refractivity contribution is -0.135. The number of H-pyrrole nitrogens is 1. The smallest absolute Gasteiger partial charge is 0.312 e. The third-order valence-corrected chi connectivity index (χ3v) is 6.69. The van der Waals surface area contributed by atoms with E-state index in [-0.39, 0.29) is 29.3 Å². The highest BCUT2D eigenvalue weighted by Crippen LogP contribution is 2.48. The van der Waals surface area contributed by atoms with Crippen LogP contribution in [0, 0.1) is 6.92 Å². The second-order valence-corrected chi connectivity index (χ2v) is 8.89. The third-order valence-electron chi connectivity index (χ3n) is 6.69. The van der Waals surface area contributed by atoms with E-state index in [1.54, 1.807) is 43.5 Å². The molecule has 7 nitrogen and oxygen atoms in total. The van der Waals surface area contributed by atoms with E-state index in [2.05, 4.69) is 4.98 Å². The number of fused-ring (bicyclic) bond motifs is 4. The number of rotatable bonds is 3. The predicted octanol–water partition coefficient (Wildman–Crippen LogP) is 4.90. The van der Waals surface area contributed by atoms with Gasteiger partial charge in [-0.15, -0.1) is 0 Å². The van der Waals surface area contributed by atoms with Crippen molar-refractivity contribution in [1.82, 2.24) is 4.98 Å². The van der Waals surface area contributed by atoms with Gasteiger partial charge in [-0.1, -0.05) is 30.3 Å². The summed E-state index contributed by atoms with van der Waals surface area (Å²) < 4.78 is 16.8. The quantitative estimate of drug-likeness (QED) is 0.255. The number of hydrogen-bond acceptors (Lipinski definition) is 6. The standard InChI is InChI=1S/C29H21NO6/c1-15-4-3-5-17-13-21(29(33)30-26(15)17)20-14-24(31)35-22-11-10-19-27(32)23(36-28(19)25(20)22)12-16-6-8-18(34-2)9-7-16/h3-13,20H,14H2,1-2H3,(H,30,33)/b23-12+/t20-/m0/s1. The number of para-hydroxylation sites is 1. The second kappa shape index (κ2) is 8.23. The van der Waals surface area contributed by atoms with Crippen molar-refractivity contribution < 1.29 is 23.8 Å². The van der Waals surface area contributed by atoms with E-state index < -0.39 is 11.9 Å². The summed E-state index contributed by atoms with van der Waals surface area (Å²) >= 11 is 0. The van der Waals surface area contributed by atoms with Crippen molar-refractivity contribution in [2.24, 2.45) is 0 Å². The van der Waals surface area contributed by atoms with Crippen molar-refractivity contribution >= 4 is 28.7 Å². The normalized spacial score (nSPS) is 17.5. The molecule has 0 radical (unpaired) electrons. The number of ketones is 1. The lowest BCUT2D eigenvalue weighted by Gasteiger charge is -2.26. The predicted molar refractivity (Wildman–Crippen MR) is 134 cm³/mol. The van der Waals surface area contributed by atoms with Crippen LogP contribution >= 0.6 is 0 Å². The summed E-state index contributed by atoms with van der Waals surface area (Å²) in [5, 5.41) is 0.856. The number of aromatic nitrogens is 1. The van der Waals surface area contributed by atoms with Crippen LogP contribution in [0.25, 0.3) is 17.0 Å². The zero-order valence-corrected chi connectivity index (χ0v) is 19.6. The van der Waals surface area contributed by atoms with Crippen molar-refractivity contribution in [3.8, 4) is 17.2 Å². The molecule has 0 fully saturated rings. The topological polar surface area (TPSA) is 94.7 Å². The highest BCUT2D eigenvalue weighted by molar-refractivity contribution is 6.15. The first-order valence-electron chi connectivity index (χ1n) is 11.5. The zero-order valence-electron chi connectivity index (χ0n) is 19.6. The van der Waals surface area contributed by atoms with Crippen LogP contribution in [0.2, 0.25) is 0 Å². The number of Topliss-reactive ketones (excluding diaryl/α,β-unsaturated/α-hetero) is 1. The summed E-state index contributed by atoms with van der Waals surface area (Å²) in [6.07, 6.45) is 1.61. The highest BCUT2D eigenvalue weighted by atomic mass is 16.5. The van der Waals surface area contributed by atoms with Crippen LogP contribution in [-0.2, 0) is 4.79 Å². The Kier molecular flexibility index (Phi) is 5.00. The first-order chi connectivity index (χ1) is 17.4. The lowest BCUT2D eigenvalue weighted by atomic mass is 9.84. The van der Waals surface area contributed by atoms with Crippen LogP contribution in [0.1, 0.15) is 45.0 Å². The minimum atomic E-state index is -0.627. The van der Waals surface area contributed by atoms with E-state index in [1.165, 1.54) is 0 Å². The molecular formula is C29H21NO6. The molecule has 36 heavy (non-hydrogen) atoms. The maximum atomic E-state index is 13.2. The third kappa shape index (κ3) is 3.48. The Bertz CT molecular complexity index is 1660. The molecule has 0 spiro atoms. The molecule has 2 aliphatic rings. The zero-order chi connectivity index (χ0) is 25.0. The maximum absolute atomic E-state index is 13.2. The summed E-state index contributed by atoms with van der Waals surface area (Å²) in [5.41, 5.74) is 3.48. The van der Waals surface area contributed by atoms with Crippen LogP contribution in [0.3, 0.4) is 0 Å². The SMILES string of the molecule is COc1ccc(/C=C2/Oc3c(ccc4c3[C@H](c3cc5cccc(C)c5[nH]c3=O)CC(=O)O4)C2=O)cc1. The molecule has 6 rings (SSSR count). The molecule has 0 unspecified atom stereocenters. The first kappa shape index (κ1) is 21.9. The second-order valence-electron chi connectivity index (χ2n) is 8.89. The van der Waals surface area contributed by atoms with Gasteiger partial charge in [-0.05, 0) is 59.8 Å². The fourth-order valence-corrected chi connectivity index (χ4v) is 4.88. The van der Waals surface area contributed by atoms with Crippen LogP contribution in [0.15, 0.2) is 71.2 Å². The summed E-state index contributed by atoms with van der Waals surface area (Å²) in [6.45, 7) is 1.92. The number of aromatic amines is 1. The molecule has 0 amide bonds. The molecule has 2 aliphatic heterocycles. The van der Waals surface area contributed by atoms with E-state index >= 15 is 0 Å². The van der Waals surface area contributed by atoms with Gasteiger partial charge in [-0.2, -0.15) is 0 Å². The number of aryl methyl sites for hydroxylation is 1. The molecule has 178 valence electrons. The van der Waals surface area contributed by atoms with Gasteiger partial charge in [-0.3, -0.25) is 14.4 Å². The number of allylic oxidation sites excluding steroid dienone is 1. The Morgan fingerprint density at radius 2 is 1.81 bits per heavy atom. The van der Waals surface area contributed by atoms with Crippen molar-refractivity contribution in [2.75, 3.05) is 7.11 Å². The largest absolute Gasteiger partial charge is 0.497 e. The Morgan fingerprint density at radius 1 is 1.00 bits per heavy atom. The van der Waals surface area contributed by atoms with E-state index in [0.717, 1.165) is 22.0 Å². The fraction of sp³-hybridized carbons (Fsp3) is 0.138. The van der Waals surface area contributed by atoms with Gasteiger partial charge >= 0.3 is 5.97 Å². The highest BCUT2D eigenvalue weighted by Gasteiger charge is 2.39. The fourth-order valence-electron chi connectivity index (χ4n) is 4.88. The van der Waals surface area contributed by atoms with Gasteiger partial charge in [-0.25, -0.2) is 0 Å². The van der Waals surface area contributed by atoms with E-state index in [9.17, 15) is 14.4 Å². The van der Waals surface area contributed by atoms with Crippen LogP contribution in [-0.4, -0.2) is 23.8 Å². The molecular weight excluding hydrogens is 458 g/mol. The van der Waals surface area contributed by atoms with Crippen molar-refractivity contribution in [3.05, 3.63) is 105 Å². The lowest BCUT2D eigenvalue weighted by Crippen LogP contribution is -2.26. The van der Waals surface area contributed by atoms with Crippen LogP contribution in [0.5, 0.6) is 17.2 Å². The van der Waals surface area contributed by atoms with E-state index in [0.29, 0.717) is 28.2 Å². The molecule has 0 saturated carbocycles. The Labute approximate surface area is 205 Å². The Hall–Kier alpha value is -4.65.